The highest BCUT2D eigenvalue weighted by Crippen LogP contribution is 2.47. The second-order valence-electron chi connectivity index (χ2n) is 9.32. The van der Waals surface area contributed by atoms with Crippen LogP contribution in [0, 0.1) is 5.82 Å². The van der Waals surface area contributed by atoms with Crippen molar-refractivity contribution in [3.8, 4) is 11.5 Å². The van der Waals surface area contributed by atoms with E-state index in [1.807, 2.05) is 4.90 Å². The molecule has 0 radical (unpaired) electrons. The minimum Gasteiger partial charge on any atom is -0.493 e. The van der Waals surface area contributed by atoms with Crippen LogP contribution in [0.2, 0.25) is 5.02 Å². The first-order valence-electron chi connectivity index (χ1n) is 12.2. The molecule has 1 amide bonds. The van der Waals surface area contributed by atoms with Crippen molar-refractivity contribution in [3.63, 3.8) is 0 Å². The minimum absolute atomic E-state index is 0.0710. The number of halogens is 5. The Bertz CT molecular complexity index is 1360. The molecule has 3 aromatic rings. The predicted molar refractivity (Wildman–Crippen MR) is 137 cm³/mol. The number of benzene rings is 2. The van der Waals surface area contributed by atoms with Gasteiger partial charge in [-0.05, 0) is 42.0 Å². The van der Waals surface area contributed by atoms with Crippen molar-refractivity contribution in [2.75, 3.05) is 50.6 Å². The quantitative estimate of drug-likeness (QED) is 0.421. The van der Waals surface area contributed by atoms with E-state index in [2.05, 4.69) is 10.4 Å². The highest BCUT2D eigenvalue weighted by atomic mass is 35.5. The average Bonchev–Trinajstić information content (AvgIpc) is 3.27. The van der Waals surface area contributed by atoms with Gasteiger partial charge in [-0.25, -0.2) is 9.07 Å². The van der Waals surface area contributed by atoms with Gasteiger partial charge in [-0.2, -0.15) is 18.3 Å². The van der Waals surface area contributed by atoms with Gasteiger partial charge in [-0.15, -0.1) is 0 Å². The number of fused-ring (bicyclic) bond motifs is 1. The van der Waals surface area contributed by atoms with Crippen molar-refractivity contribution in [2.24, 2.45) is 0 Å². The standard InChI is InChI=1S/C26H26ClF4N5O3/c1-38-19-8-3-15(13-20(19)39-2)18-14-21(26(29,30)31)36-24(32-18)22(27)23(33-36)25(37)35-11-9-34(10-12-35)17-6-4-16(28)5-7-17/h3-8,13,18,21,32H,9-12,14H2,1-2H3/t18-,21-/m0/s1. The number of piperazine rings is 1. The van der Waals surface area contributed by atoms with E-state index in [1.165, 1.54) is 31.3 Å². The first kappa shape index (κ1) is 26.9. The molecular formula is C26H26ClF4N5O3. The van der Waals surface area contributed by atoms with E-state index in [0.29, 0.717) is 43.2 Å². The molecule has 2 aromatic carbocycles. The maximum Gasteiger partial charge on any atom is 0.410 e. The van der Waals surface area contributed by atoms with Gasteiger partial charge in [0.25, 0.3) is 5.91 Å². The van der Waals surface area contributed by atoms with Crippen LogP contribution in [0.5, 0.6) is 11.5 Å². The van der Waals surface area contributed by atoms with Gasteiger partial charge in [0.05, 0.1) is 20.3 Å². The number of nitrogens with zero attached hydrogens (tertiary/aromatic N) is 4. The molecule has 0 unspecified atom stereocenters. The highest BCUT2D eigenvalue weighted by molar-refractivity contribution is 6.36. The molecule has 1 saturated heterocycles. The lowest BCUT2D eigenvalue weighted by Crippen LogP contribution is -2.49. The molecule has 1 aromatic heterocycles. The zero-order valence-electron chi connectivity index (χ0n) is 21.1. The third kappa shape index (κ3) is 5.17. The summed E-state index contributed by atoms with van der Waals surface area (Å²) in [5.74, 6) is -0.143. The lowest BCUT2D eigenvalue weighted by atomic mass is 9.96. The van der Waals surface area contributed by atoms with Gasteiger partial charge in [-0.3, -0.25) is 4.79 Å². The summed E-state index contributed by atoms with van der Waals surface area (Å²) in [6.45, 7) is 1.54. The maximum atomic E-state index is 14.2. The third-order valence-corrected chi connectivity index (χ3v) is 7.42. The molecule has 1 fully saturated rings. The van der Waals surface area contributed by atoms with Gasteiger partial charge in [0.2, 0.25) is 0 Å². The summed E-state index contributed by atoms with van der Waals surface area (Å²) in [6.07, 6.45) is -5.00. The molecule has 1 N–H and O–H groups in total. The fraction of sp³-hybridized carbons (Fsp3) is 0.385. The number of alkyl halides is 3. The molecule has 208 valence electrons. The van der Waals surface area contributed by atoms with Crippen LogP contribution in [-0.4, -0.2) is 67.2 Å². The number of carbonyl (C=O) groups is 1. The van der Waals surface area contributed by atoms with Gasteiger partial charge in [-0.1, -0.05) is 17.7 Å². The van der Waals surface area contributed by atoms with E-state index in [4.69, 9.17) is 21.1 Å². The van der Waals surface area contributed by atoms with E-state index in [0.717, 1.165) is 10.4 Å². The molecule has 2 atom stereocenters. The zero-order valence-corrected chi connectivity index (χ0v) is 21.9. The van der Waals surface area contributed by atoms with Crippen molar-refractivity contribution in [1.29, 1.82) is 0 Å². The van der Waals surface area contributed by atoms with Crippen LogP contribution in [0.15, 0.2) is 42.5 Å². The second-order valence-corrected chi connectivity index (χ2v) is 9.69. The van der Waals surface area contributed by atoms with E-state index in [-0.39, 0.29) is 28.8 Å². The van der Waals surface area contributed by atoms with Crippen molar-refractivity contribution in [1.82, 2.24) is 14.7 Å². The molecule has 13 heteroatoms. The Hall–Kier alpha value is -3.67. The number of rotatable bonds is 5. The van der Waals surface area contributed by atoms with Crippen molar-refractivity contribution >= 4 is 29.0 Å². The Morgan fingerprint density at radius 2 is 1.69 bits per heavy atom. The summed E-state index contributed by atoms with van der Waals surface area (Å²) in [5.41, 5.74) is 1.12. The molecule has 8 nitrogen and oxygen atoms in total. The molecule has 0 saturated carbocycles. The molecule has 5 rings (SSSR count). The fourth-order valence-corrected chi connectivity index (χ4v) is 5.24. The Kier molecular flexibility index (Phi) is 7.23. The number of nitrogens with one attached hydrogen (secondary N) is 1. The first-order valence-corrected chi connectivity index (χ1v) is 12.6. The number of anilines is 2. The molecule has 3 heterocycles. The van der Waals surface area contributed by atoms with Crippen molar-refractivity contribution < 1.29 is 31.8 Å². The van der Waals surface area contributed by atoms with Crippen molar-refractivity contribution in [3.05, 3.63) is 64.6 Å². The highest BCUT2D eigenvalue weighted by Gasteiger charge is 2.48. The van der Waals surface area contributed by atoms with Crippen LogP contribution >= 0.6 is 11.6 Å². The number of amides is 1. The topological polar surface area (TPSA) is 71.9 Å². The maximum absolute atomic E-state index is 14.2. The Morgan fingerprint density at radius 1 is 1.03 bits per heavy atom. The van der Waals surface area contributed by atoms with Crippen LogP contribution < -0.4 is 19.7 Å². The summed E-state index contributed by atoms with van der Waals surface area (Å²) in [4.78, 5) is 16.9. The lowest BCUT2D eigenvalue weighted by molar-refractivity contribution is -0.173. The van der Waals surface area contributed by atoms with Gasteiger partial charge >= 0.3 is 6.18 Å². The zero-order chi connectivity index (χ0) is 27.9. The van der Waals surface area contributed by atoms with Gasteiger partial charge < -0.3 is 24.6 Å². The van der Waals surface area contributed by atoms with E-state index >= 15 is 0 Å². The minimum atomic E-state index is -4.64. The molecule has 2 aliphatic heterocycles. The smallest absolute Gasteiger partial charge is 0.410 e. The third-order valence-electron chi connectivity index (χ3n) is 7.07. The van der Waals surface area contributed by atoms with Crippen LogP contribution in [0.4, 0.5) is 29.1 Å². The van der Waals surface area contributed by atoms with Crippen LogP contribution in [-0.2, 0) is 0 Å². The molecule has 0 bridgehead atoms. The number of aromatic nitrogens is 2. The molecule has 2 aliphatic rings. The van der Waals surface area contributed by atoms with Crippen LogP contribution in [0.25, 0.3) is 0 Å². The summed E-state index contributed by atoms with van der Waals surface area (Å²) in [7, 11) is 2.91. The molecular weight excluding hydrogens is 542 g/mol. The largest absolute Gasteiger partial charge is 0.493 e. The molecule has 0 spiro atoms. The first-order chi connectivity index (χ1) is 18.6. The fourth-order valence-electron chi connectivity index (χ4n) is 4.98. The van der Waals surface area contributed by atoms with Crippen molar-refractivity contribution in [2.45, 2.75) is 24.7 Å². The lowest BCUT2D eigenvalue weighted by Gasteiger charge is -2.35. The summed E-state index contributed by atoms with van der Waals surface area (Å²) in [6, 6.07) is 8.14. The second kappa shape index (κ2) is 10.5. The Balaban J connectivity index is 1.39. The summed E-state index contributed by atoms with van der Waals surface area (Å²) in [5, 5.41) is 6.94. The number of hydrogen-bond donors (Lipinski definition) is 1. The molecule has 0 aliphatic carbocycles. The van der Waals surface area contributed by atoms with E-state index in [9.17, 15) is 22.4 Å². The normalized spacial score (nSPS) is 19.4. The predicted octanol–water partition coefficient (Wildman–Crippen LogP) is 5.32. The van der Waals surface area contributed by atoms with Crippen LogP contribution in [0.3, 0.4) is 0 Å². The number of carbonyl (C=O) groups excluding carboxylic acids is 1. The Labute approximate surface area is 227 Å². The van der Waals surface area contributed by atoms with Gasteiger partial charge in [0, 0.05) is 38.3 Å². The SMILES string of the molecule is COc1ccc([C@@H]2C[C@@H](C(F)(F)F)n3nc(C(=O)N4CCN(c5ccc(F)cc5)CC4)c(Cl)c3N2)cc1OC. The van der Waals surface area contributed by atoms with E-state index < -0.39 is 24.2 Å². The van der Waals surface area contributed by atoms with E-state index in [1.54, 1.807) is 30.3 Å². The van der Waals surface area contributed by atoms with Gasteiger partial charge in [0.1, 0.15) is 16.7 Å². The van der Waals surface area contributed by atoms with Gasteiger partial charge in [0.15, 0.2) is 23.2 Å². The Morgan fingerprint density at radius 3 is 2.31 bits per heavy atom. The number of ether oxygens (including phenoxy) is 2. The summed E-state index contributed by atoms with van der Waals surface area (Å²) >= 11 is 6.52. The number of methoxy groups -OCH3 is 2. The average molecular weight is 568 g/mol. The number of hydrogen-bond acceptors (Lipinski definition) is 6. The van der Waals surface area contributed by atoms with Crippen LogP contribution in [0.1, 0.15) is 34.6 Å². The monoisotopic (exact) mass is 567 g/mol. The summed E-state index contributed by atoms with van der Waals surface area (Å²) < 4.78 is 67.2. The molecule has 39 heavy (non-hydrogen) atoms.